The molecule has 8 heteroatoms. The lowest BCUT2D eigenvalue weighted by Gasteiger charge is -2.10. The second kappa shape index (κ2) is 7.69. The first-order valence-electron chi connectivity index (χ1n) is 7.97. The largest absolute Gasteiger partial charge is 0.457 e. The van der Waals surface area contributed by atoms with Gasteiger partial charge in [0.1, 0.15) is 11.5 Å². The minimum atomic E-state index is -0.815. The third-order valence-corrected chi connectivity index (χ3v) is 3.41. The number of rotatable bonds is 5. The lowest BCUT2D eigenvalue weighted by molar-refractivity contribution is 0.192. The van der Waals surface area contributed by atoms with Crippen LogP contribution >= 0.6 is 0 Å². The fourth-order valence-corrected chi connectivity index (χ4v) is 2.28. The van der Waals surface area contributed by atoms with E-state index in [9.17, 15) is 9.18 Å². The van der Waals surface area contributed by atoms with Gasteiger partial charge >= 0.3 is 6.09 Å². The van der Waals surface area contributed by atoms with Gasteiger partial charge in [0.2, 0.25) is 0 Å². The van der Waals surface area contributed by atoms with Gasteiger partial charge in [-0.1, -0.05) is 6.58 Å². The van der Waals surface area contributed by atoms with Gasteiger partial charge in [0, 0.05) is 37.1 Å². The van der Waals surface area contributed by atoms with Crippen LogP contribution in [0.3, 0.4) is 0 Å². The van der Waals surface area contributed by atoms with E-state index in [4.69, 9.17) is 9.47 Å². The number of pyridine rings is 1. The van der Waals surface area contributed by atoms with Crippen LogP contribution in [0.1, 0.15) is 6.92 Å². The number of carbonyl (C=O) groups excluding carboxylic acids is 1. The van der Waals surface area contributed by atoms with Crippen molar-refractivity contribution < 1.29 is 18.7 Å². The maximum atomic E-state index is 14.2. The minimum Gasteiger partial charge on any atom is -0.457 e. The topological polar surface area (TPSA) is 78.3 Å². The predicted octanol–water partition coefficient (Wildman–Crippen LogP) is 4.50. The molecule has 0 unspecified atom stereocenters. The van der Waals surface area contributed by atoms with Crippen LogP contribution < -0.4 is 10.1 Å². The normalized spacial score (nSPS) is 10.3. The van der Waals surface area contributed by atoms with E-state index in [1.165, 1.54) is 25.1 Å². The smallest absolute Gasteiger partial charge is 0.416 e. The highest BCUT2D eigenvalue weighted by Gasteiger charge is 2.11. The highest BCUT2D eigenvalue weighted by atomic mass is 19.1. The Morgan fingerprint density at radius 2 is 2.04 bits per heavy atom. The quantitative estimate of drug-likeness (QED) is 0.671. The molecular formula is C19H17FN4O3. The molecule has 3 rings (SSSR count). The number of halogens is 1. The Bertz CT molecular complexity index is 1000. The second-order valence-corrected chi connectivity index (χ2v) is 5.74. The van der Waals surface area contributed by atoms with Crippen LogP contribution in [0.25, 0.3) is 11.3 Å². The Hall–Kier alpha value is -3.68. The van der Waals surface area contributed by atoms with Gasteiger partial charge in [-0.3, -0.25) is 15.0 Å². The number of anilines is 1. The van der Waals surface area contributed by atoms with Gasteiger partial charge in [0.25, 0.3) is 0 Å². The summed E-state index contributed by atoms with van der Waals surface area (Å²) < 4.78 is 26.3. The molecule has 0 fully saturated rings. The third-order valence-electron chi connectivity index (χ3n) is 3.41. The van der Waals surface area contributed by atoms with Crippen molar-refractivity contribution in [1.29, 1.82) is 0 Å². The highest BCUT2D eigenvalue weighted by Crippen LogP contribution is 2.28. The Balaban J connectivity index is 1.74. The van der Waals surface area contributed by atoms with Crippen molar-refractivity contribution in [2.45, 2.75) is 6.92 Å². The fourth-order valence-electron chi connectivity index (χ4n) is 2.28. The van der Waals surface area contributed by atoms with Gasteiger partial charge in [0.05, 0.1) is 23.3 Å². The standard InChI is InChI=1S/C19H17FN4O3/c1-12(2)26-19(25)23-17-5-4-14(8-16(17)20)27-15-6-7-21-18(9-15)13-10-22-24(3)11-13/h4-11H,1H2,2-3H3,(H,23,25). The minimum absolute atomic E-state index is 0.0284. The van der Waals surface area contributed by atoms with Gasteiger partial charge < -0.3 is 9.47 Å². The summed E-state index contributed by atoms with van der Waals surface area (Å²) in [5.41, 5.74) is 1.49. The molecule has 1 amide bonds. The van der Waals surface area contributed by atoms with Crippen LogP contribution in [0.2, 0.25) is 0 Å². The molecule has 0 aliphatic heterocycles. The number of amides is 1. The summed E-state index contributed by atoms with van der Waals surface area (Å²) in [6.07, 6.45) is 4.30. The van der Waals surface area contributed by atoms with Crippen molar-refractivity contribution in [3.8, 4) is 22.8 Å². The Morgan fingerprint density at radius 3 is 2.70 bits per heavy atom. The molecule has 0 saturated heterocycles. The maximum absolute atomic E-state index is 14.2. The predicted molar refractivity (Wildman–Crippen MR) is 97.8 cm³/mol. The summed E-state index contributed by atoms with van der Waals surface area (Å²) in [6, 6.07) is 7.47. The number of nitrogens with zero attached hydrogens (tertiary/aromatic N) is 3. The Kier molecular flexibility index (Phi) is 5.16. The molecule has 2 heterocycles. The fraction of sp³-hybridized carbons (Fsp3) is 0.105. The van der Waals surface area contributed by atoms with Crippen molar-refractivity contribution in [3.63, 3.8) is 0 Å². The number of nitrogens with one attached hydrogen (secondary N) is 1. The number of aromatic nitrogens is 3. The Morgan fingerprint density at radius 1 is 1.26 bits per heavy atom. The number of hydrogen-bond acceptors (Lipinski definition) is 5. The third kappa shape index (κ3) is 4.69. The van der Waals surface area contributed by atoms with E-state index in [1.807, 2.05) is 13.2 Å². The first-order valence-corrected chi connectivity index (χ1v) is 7.97. The van der Waals surface area contributed by atoms with Crippen LogP contribution in [0.4, 0.5) is 14.9 Å². The van der Waals surface area contributed by atoms with Crippen molar-refractivity contribution in [1.82, 2.24) is 14.8 Å². The van der Waals surface area contributed by atoms with E-state index in [1.54, 1.807) is 29.2 Å². The molecule has 27 heavy (non-hydrogen) atoms. The summed E-state index contributed by atoms with van der Waals surface area (Å²) in [5, 5.41) is 6.40. The van der Waals surface area contributed by atoms with E-state index in [-0.39, 0.29) is 17.2 Å². The van der Waals surface area contributed by atoms with E-state index < -0.39 is 11.9 Å². The lowest BCUT2D eigenvalue weighted by Crippen LogP contribution is -2.13. The van der Waals surface area contributed by atoms with E-state index in [0.29, 0.717) is 11.4 Å². The summed E-state index contributed by atoms with van der Waals surface area (Å²) in [6.45, 7) is 4.96. The number of aryl methyl sites for hydroxylation is 1. The summed E-state index contributed by atoms with van der Waals surface area (Å²) in [4.78, 5) is 15.8. The van der Waals surface area contributed by atoms with Gasteiger partial charge in [-0.05, 0) is 25.1 Å². The van der Waals surface area contributed by atoms with Crippen molar-refractivity contribution in [2.75, 3.05) is 5.32 Å². The zero-order chi connectivity index (χ0) is 19.4. The summed E-state index contributed by atoms with van der Waals surface area (Å²) in [7, 11) is 1.81. The number of hydrogen-bond donors (Lipinski definition) is 1. The average molecular weight is 368 g/mol. The van der Waals surface area contributed by atoms with Crippen LogP contribution in [-0.4, -0.2) is 20.9 Å². The van der Waals surface area contributed by atoms with Crippen molar-refractivity contribution in [2.24, 2.45) is 7.05 Å². The van der Waals surface area contributed by atoms with E-state index in [0.717, 1.165) is 5.56 Å². The van der Waals surface area contributed by atoms with Crippen molar-refractivity contribution >= 4 is 11.8 Å². The molecule has 0 spiro atoms. The lowest BCUT2D eigenvalue weighted by atomic mass is 10.2. The maximum Gasteiger partial charge on any atom is 0.416 e. The second-order valence-electron chi connectivity index (χ2n) is 5.74. The van der Waals surface area contributed by atoms with Crippen LogP contribution in [0.15, 0.2) is 61.3 Å². The Labute approximate surface area is 155 Å². The molecule has 3 aromatic rings. The van der Waals surface area contributed by atoms with Crippen molar-refractivity contribution in [3.05, 3.63) is 67.1 Å². The number of allylic oxidation sites excluding steroid dienone is 1. The summed E-state index contributed by atoms with van der Waals surface area (Å²) in [5.74, 6) is 0.308. The first-order chi connectivity index (χ1) is 12.9. The number of benzene rings is 1. The SMILES string of the molecule is C=C(C)OC(=O)Nc1ccc(Oc2ccnc(-c3cnn(C)c3)c2)cc1F. The van der Waals surface area contributed by atoms with Crippen LogP contribution in [-0.2, 0) is 11.8 Å². The van der Waals surface area contributed by atoms with Crippen LogP contribution in [0.5, 0.6) is 11.5 Å². The molecule has 138 valence electrons. The average Bonchev–Trinajstić information content (AvgIpc) is 3.03. The molecule has 0 aliphatic rings. The molecule has 0 atom stereocenters. The van der Waals surface area contributed by atoms with E-state index in [2.05, 4.69) is 22.0 Å². The van der Waals surface area contributed by atoms with Gasteiger partial charge in [0.15, 0.2) is 5.82 Å². The molecule has 0 saturated carbocycles. The molecule has 1 aromatic carbocycles. The molecule has 7 nitrogen and oxygen atoms in total. The van der Waals surface area contributed by atoms with Gasteiger partial charge in [-0.2, -0.15) is 5.10 Å². The molecule has 0 aliphatic carbocycles. The monoisotopic (exact) mass is 368 g/mol. The van der Waals surface area contributed by atoms with Crippen LogP contribution in [0, 0.1) is 5.82 Å². The molecule has 0 radical (unpaired) electrons. The molecular weight excluding hydrogens is 351 g/mol. The molecule has 0 bridgehead atoms. The zero-order valence-electron chi connectivity index (χ0n) is 14.8. The molecule has 1 N–H and O–H groups in total. The van der Waals surface area contributed by atoms with E-state index >= 15 is 0 Å². The first kappa shape index (κ1) is 18.1. The number of carbonyl (C=O) groups is 1. The van der Waals surface area contributed by atoms with Gasteiger partial charge in [-0.25, -0.2) is 9.18 Å². The van der Waals surface area contributed by atoms with Gasteiger partial charge in [-0.15, -0.1) is 0 Å². The zero-order valence-corrected chi connectivity index (χ0v) is 14.8. The number of ether oxygens (including phenoxy) is 2. The summed E-state index contributed by atoms with van der Waals surface area (Å²) >= 11 is 0. The highest BCUT2D eigenvalue weighted by molar-refractivity contribution is 5.85. The molecule has 2 aromatic heterocycles.